The normalized spacial score (nSPS) is 26.5. The molecule has 1 fully saturated rings. The van der Waals surface area contributed by atoms with Crippen molar-refractivity contribution in [3.8, 4) is 0 Å². The van der Waals surface area contributed by atoms with E-state index in [9.17, 15) is 13.2 Å². The van der Waals surface area contributed by atoms with Crippen LogP contribution in [0.1, 0.15) is 32.6 Å². The summed E-state index contributed by atoms with van der Waals surface area (Å²) in [5.74, 6) is -0.536. The van der Waals surface area contributed by atoms with Gasteiger partial charge in [-0.3, -0.25) is 4.79 Å². The van der Waals surface area contributed by atoms with Crippen molar-refractivity contribution in [3.05, 3.63) is 0 Å². The molecule has 4 nitrogen and oxygen atoms in total. The summed E-state index contributed by atoms with van der Waals surface area (Å²) in [6.45, 7) is 1.92. The number of carboxylic acid groups (broad SMARTS) is 1. The first kappa shape index (κ1) is 11.5. The Bertz CT molecular complexity index is 307. The molecule has 0 aliphatic carbocycles. The highest BCUT2D eigenvalue weighted by Gasteiger charge is 2.40. The Labute approximate surface area is 84.2 Å². The van der Waals surface area contributed by atoms with E-state index in [0.29, 0.717) is 12.8 Å². The second-order valence-corrected chi connectivity index (χ2v) is 6.13. The standard InChI is InChI=1S/C9H16O4S/c1-2-7(3-4-9(10)11)8-5-6-14(8,12)13/h7-8H,2-6H2,1H3,(H,10,11). The molecule has 0 amide bonds. The van der Waals surface area contributed by atoms with E-state index in [1.54, 1.807) is 0 Å². The van der Waals surface area contributed by atoms with Gasteiger partial charge in [0.15, 0.2) is 9.84 Å². The molecular weight excluding hydrogens is 204 g/mol. The van der Waals surface area contributed by atoms with Crippen molar-refractivity contribution < 1.29 is 18.3 Å². The molecule has 1 aliphatic heterocycles. The molecule has 1 rings (SSSR count). The van der Waals surface area contributed by atoms with Crippen molar-refractivity contribution in [2.45, 2.75) is 37.9 Å². The van der Waals surface area contributed by atoms with Crippen molar-refractivity contribution in [1.82, 2.24) is 0 Å². The molecule has 0 bridgehead atoms. The fourth-order valence-corrected chi connectivity index (χ4v) is 3.74. The van der Waals surface area contributed by atoms with Crippen LogP contribution in [-0.2, 0) is 14.6 Å². The van der Waals surface area contributed by atoms with Gasteiger partial charge in [0.2, 0.25) is 0 Å². The van der Waals surface area contributed by atoms with Crippen LogP contribution in [0.4, 0.5) is 0 Å². The van der Waals surface area contributed by atoms with E-state index in [0.717, 1.165) is 6.42 Å². The lowest BCUT2D eigenvalue weighted by Gasteiger charge is -2.32. The van der Waals surface area contributed by atoms with Crippen LogP contribution in [0.5, 0.6) is 0 Å². The molecule has 2 atom stereocenters. The van der Waals surface area contributed by atoms with Gasteiger partial charge < -0.3 is 5.11 Å². The van der Waals surface area contributed by atoms with E-state index in [1.165, 1.54) is 0 Å². The summed E-state index contributed by atoms with van der Waals surface area (Å²) in [4.78, 5) is 10.4. The number of carboxylic acids is 1. The lowest BCUT2D eigenvalue weighted by molar-refractivity contribution is -0.137. The zero-order chi connectivity index (χ0) is 10.8. The monoisotopic (exact) mass is 220 g/mol. The average Bonchev–Trinajstić information content (AvgIpc) is 2.09. The van der Waals surface area contributed by atoms with E-state index in [2.05, 4.69) is 0 Å². The summed E-state index contributed by atoms with van der Waals surface area (Å²) in [7, 11) is -2.87. The fourth-order valence-electron chi connectivity index (χ4n) is 1.94. The van der Waals surface area contributed by atoms with E-state index in [-0.39, 0.29) is 23.3 Å². The SMILES string of the molecule is CCC(CCC(=O)O)C1CCS1(=O)=O. The third kappa shape index (κ3) is 2.47. The number of rotatable bonds is 5. The predicted octanol–water partition coefficient (Wildman–Crippen LogP) is 1.06. The summed E-state index contributed by atoms with van der Waals surface area (Å²) in [5.41, 5.74) is 0. The van der Waals surface area contributed by atoms with E-state index < -0.39 is 15.8 Å². The molecule has 0 saturated carbocycles. The third-order valence-corrected chi connectivity index (χ3v) is 5.28. The largest absolute Gasteiger partial charge is 0.481 e. The highest BCUT2D eigenvalue weighted by atomic mass is 32.2. The minimum absolute atomic E-state index is 0.0323. The van der Waals surface area contributed by atoms with E-state index in [4.69, 9.17) is 5.11 Å². The van der Waals surface area contributed by atoms with Crippen LogP contribution < -0.4 is 0 Å². The molecule has 0 spiro atoms. The molecule has 2 unspecified atom stereocenters. The van der Waals surface area contributed by atoms with Crippen LogP contribution in [0.2, 0.25) is 0 Å². The molecule has 0 aromatic carbocycles. The minimum atomic E-state index is -2.87. The first-order valence-corrected chi connectivity index (χ1v) is 6.62. The zero-order valence-corrected chi connectivity index (χ0v) is 9.09. The number of hydrogen-bond donors (Lipinski definition) is 1. The Morgan fingerprint density at radius 1 is 1.57 bits per heavy atom. The van der Waals surface area contributed by atoms with E-state index in [1.807, 2.05) is 6.92 Å². The second kappa shape index (κ2) is 4.29. The summed E-state index contributed by atoms with van der Waals surface area (Å²) in [5, 5.41) is 8.24. The summed E-state index contributed by atoms with van der Waals surface area (Å²) >= 11 is 0. The van der Waals surface area contributed by atoms with Gasteiger partial charge in [-0.2, -0.15) is 0 Å². The fraction of sp³-hybridized carbons (Fsp3) is 0.889. The summed E-state index contributed by atoms with van der Waals surface area (Å²) in [6, 6.07) is 0. The van der Waals surface area contributed by atoms with Crippen molar-refractivity contribution in [1.29, 1.82) is 0 Å². The van der Waals surface area contributed by atoms with Crippen LogP contribution in [0, 0.1) is 5.92 Å². The van der Waals surface area contributed by atoms with Crippen LogP contribution in [0.15, 0.2) is 0 Å². The van der Waals surface area contributed by atoms with Gasteiger partial charge in [-0.25, -0.2) is 8.42 Å². The number of hydrogen-bond acceptors (Lipinski definition) is 3. The maximum absolute atomic E-state index is 11.3. The van der Waals surface area contributed by atoms with Crippen LogP contribution in [0.25, 0.3) is 0 Å². The van der Waals surface area contributed by atoms with Crippen LogP contribution >= 0.6 is 0 Å². The van der Waals surface area contributed by atoms with E-state index >= 15 is 0 Å². The number of aliphatic carboxylic acids is 1. The van der Waals surface area contributed by atoms with Crippen molar-refractivity contribution in [2.24, 2.45) is 5.92 Å². The van der Waals surface area contributed by atoms with Gasteiger partial charge in [0.25, 0.3) is 0 Å². The molecule has 5 heteroatoms. The molecule has 1 N–H and O–H groups in total. The highest BCUT2D eigenvalue weighted by molar-refractivity contribution is 7.93. The predicted molar refractivity (Wildman–Crippen MR) is 52.8 cm³/mol. The van der Waals surface area contributed by atoms with Gasteiger partial charge in [-0.1, -0.05) is 13.3 Å². The third-order valence-electron chi connectivity index (χ3n) is 2.93. The maximum atomic E-state index is 11.3. The molecule has 1 aliphatic rings. The average molecular weight is 220 g/mol. The topological polar surface area (TPSA) is 71.4 Å². The minimum Gasteiger partial charge on any atom is -0.481 e. The maximum Gasteiger partial charge on any atom is 0.303 e. The lowest BCUT2D eigenvalue weighted by Crippen LogP contribution is -2.42. The first-order chi connectivity index (χ1) is 6.47. The Morgan fingerprint density at radius 2 is 2.21 bits per heavy atom. The first-order valence-electron chi connectivity index (χ1n) is 4.90. The molecule has 0 aromatic heterocycles. The highest BCUT2D eigenvalue weighted by Crippen LogP contribution is 2.32. The van der Waals surface area contributed by atoms with Crippen molar-refractivity contribution in [3.63, 3.8) is 0 Å². The van der Waals surface area contributed by atoms with Gasteiger partial charge in [-0.05, 0) is 18.8 Å². The van der Waals surface area contributed by atoms with Gasteiger partial charge >= 0.3 is 5.97 Å². The van der Waals surface area contributed by atoms with Crippen molar-refractivity contribution in [2.75, 3.05) is 5.75 Å². The Balaban J connectivity index is 2.50. The number of sulfone groups is 1. The Hall–Kier alpha value is -0.580. The molecule has 1 heterocycles. The molecule has 82 valence electrons. The zero-order valence-electron chi connectivity index (χ0n) is 8.27. The quantitative estimate of drug-likeness (QED) is 0.752. The van der Waals surface area contributed by atoms with Crippen molar-refractivity contribution >= 4 is 15.8 Å². The van der Waals surface area contributed by atoms with Crippen LogP contribution in [0.3, 0.4) is 0 Å². The Morgan fingerprint density at radius 3 is 2.50 bits per heavy atom. The second-order valence-electron chi connectivity index (χ2n) is 3.79. The molecule has 1 saturated heterocycles. The molecular formula is C9H16O4S. The smallest absolute Gasteiger partial charge is 0.303 e. The van der Waals surface area contributed by atoms with Gasteiger partial charge in [0.1, 0.15) is 0 Å². The van der Waals surface area contributed by atoms with Gasteiger partial charge in [0, 0.05) is 6.42 Å². The summed E-state index contributed by atoms with van der Waals surface area (Å²) < 4.78 is 22.6. The van der Waals surface area contributed by atoms with Crippen LogP contribution in [-0.4, -0.2) is 30.5 Å². The number of carbonyl (C=O) groups is 1. The summed E-state index contributed by atoms with van der Waals surface area (Å²) in [6.07, 6.45) is 2.01. The molecule has 0 radical (unpaired) electrons. The lowest BCUT2D eigenvalue weighted by atomic mass is 9.94. The van der Waals surface area contributed by atoms with Gasteiger partial charge in [0.05, 0.1) is 11.0 Å². The molecule has 0 aromatic rings. The Kier molecular flexibility index (Phi) is 3.53. The van der Waals surface area contributed by atoms with Gasteiger partial charge in [-0.15, -0.1) is 0 Å². The molecule has 14 heavy (non-hydrogen) atoms.